The molecule has 0 fully saturated rings. The van der Waals surface area contributed by atoms with Gasteiger partial charge in [-0.05, 0) is 46.8 Å². The van der Waals surface area contributed by atoms with Gasteiger partial charge in [-0.25, -0.2) is 0 Å². The van der Waals surface area contributed by atoms with Crippen LogP contribution in [0.2, 0.25) is 0 Å². The van der Waals surface area contributed by atoms with E-state index < -0.39 is 0 Å². The largest absolute Gasteiger partial charge is 0.382 e. The molecule has 1 aromatic carbocycles. The van der Waals surface area contributed by atoms with E-state index in [1.165, 1.54) is 0 Å². The maximum atomic E-state index is 12.5. The smallest absolute Gasteiger partial charge is 0.256 e. The number of rotatable bonds is 5. The summed E-state index contributed by atoms with van der Waals surface area (Å²) in [4.78, 5) is 14.4. The van der Waals surface area contributed by atoms with Gasteiger partial charge < -0.3 is 10.2 Å². The third-order valence-electron chi connectivity index (χ3n) is 2.83. The minimum Gasteiger partial charge on any atom is -0.382 e. The minimum atomic E-state index is 0.0938. The zero-order chi connectivity index (χ0) is 13.7. The number of amides is 1. The number of carbonyl (C=O) groups is 1. The summed E-state index contributed by atoms with van der Waals surface area (Å²) in [5, 5.41) is 3.32. The molecule has 0 saturated heterocycles. The minimum absolute atomic E-state index is 0.0938. The van der Waals surface area contributed by atoms with Crippen molar-refractivity contribution >= 4 is 11.6 Å². The Balaban J connectivity index is 3.04. The van der Waals surface area contributed by atoms with Crippen molar-refractivity contribution in [2.45, 2.75) is 46.7 Å². The molecule has 1 rings (SSSR count). The highest BCUT2D eigenvalue weighted by Crippen LogP contribution is 2.19. The van der Waals surface area contributed by atoms with Gasteiger partial charge in [0.2, 0.25) is 0 Å². The molecular weight excluding hydrogens is 224 g/mol. The number of carbonyl (C=O) groups excluding carboxylic acids is 1. The Morgan fingerprint density at radius 1 is 1.22 bits per heavy atom. The van der Waals surface area contributed by atoms with Gasteiger partial charge in [0.25, 0.3) is 5.91 Å². The Labute approximate surface area is 110 Å². The molecule has 3 heteroatoms. The maximum absolute atomic E-state index is 12.5. The monoisotopic (exact) mass is 248 g/mol. The van der Waals surface area contributed by atoms with Crippen LogP contribution in [-0.2, 0) is 0 Å². The third-order valence-corrected chi connectivity index (χ3v) is 2.83. The van der Waals surface area contributed by atoms with Crippen LogP contribution in [0.1, 0.15) is 45.0 Å². The summed E-state index contributed by atoms with van der Waals surface area (Å²) in [5.41, 5.74) is 1.67. The van der Waals surface area contributed by atoms with Gasteiger partial charge >= 0.3 is 0 Å². The van der Waals surface area contributed by atoms with E-state index in [1.807, 2.05) is 49.9 Å². The molecule has 1 aromatic rings. The summed E-state index contributed by atoms with van der Waals surface area (Å²) in [6.07, 6.45) is 0. The number of hydrogen-bond acceptors (Lipinski definition) is 2. The lowest BCUT2D eigenvalue weighted by molar-refractivity contribution is 0.0718. The van der Waals surface area contributed by atoms with Crippen molar-refractivity contribution in [2.24, 2.45) is 0 Å². The first-order chi connectivity index (χ1) is 8.47. The first-order valence-corrected chi connectivity index (χ1v) is 6.63. The van der Waals surface area contributed by atoms with Crippen molar-refractivity contribution in [3.8, 4) is 0 Å². The molecule has 0 spiro atoms. The van der Waals surface area contributed by atoms with Gasteiger partial charge in [0.1, 0.15) is 0 Å². The summed E-state index contributed by atoms with van der Waals surface area (Å²) in [5.74, 6) is 0.0938. The zero-order valence-electron chi connectivity index (χ0n) is 12.0. The van der Waals surface area contributed by atoms with Gasteiger partial charge in [0, 0.05) is 24.3 Å². The van der Waals surface area contributed by atoms with E-state index in [-0.39, 0.29) is 11.9 Å². The summed E-state index contributed by atoms with van der Waals surface area (Å²) in [6.45, 7) is 11.0. The van der Waals surface area contributed by atoms with Crippen molar-refractivity contribution in [2.75, 3.05) is 11.9 Å². The van der Waals surface area contributed by atoms with Crippen molar-refractivity contribution < 1.29 is 4.79 Å². The molecule has 18 heavy (non-hydrogen) atoms. The SMILES string of the molecule is CCN(C(=O)c1ccccc1NC(C)C)C(C)C. The van der Waals surface area contributed by atoms with Gasteiger partial charge in [-0.3, -0.25) is 4.79 Å². The fourth-order valence-electron chi connectivity index (χ4n) is 2.00. The van der Waals surface area contributed by atoms with Gasteiger partial charge in [-0.15, -0.1) is 0 Å². The quantitative estimate of drug-likeness (QED) is 0.866. The van der Waals surface area contributed by atoms with Crippen LogP contribution in [0.5, 0.6) is 0 Å². The molecular formula is C15H24N2O. The Bertz CT molecular complexity index is 399. The van der Waals surface area contributed by atoms with Crippen molar-refractivity contribution in [1.82, 2.24) is 4.90 Å². The average Bonchev–Trinajstić information content (AvgIpc) is 2.29. The molecule has 0 aromatic heterocycles. The number of hydrogen-bond donors (Lipinski definition) is 1. The van der Waals surface area contributed by atoms with E-state index >= 15 is 0 Å². The van der Waals surface area contributed by atoms with Gasteiger partial charge in [-0.2, -0.15) is 0 Å². The second-order valence-corrected chi connectivity index (χ2v) is 5.03. The second-order valence-electron chi connectivity index (χ2n) is 5.03. The molecule has 0 unspecified atom stereocenters. The van der Waals surface area contributed by atoms with Crippen LogP contribution in [-0.4, -0.2) is 29.4 Å². The molecule has 100 valence electrons. The molecule has 0 bridgehead atoms. The van der Waals surface area contributed by atoms with E-state index in [9.17, 15) is 4.79 Å². The van der Waals surface area contributed by atoms with Crippen LogP contribution >= 0.6 is 0 Å². The molecule has 1 N–H and O–H groups in total. The Morgan fingerprint density at radius 3 is 2.33 bits per heavy atom. The van der Waals surface area contributed by atoms with E-state index in [0.29, 0.717) is 6.04 Å². The summed E-state index contributed by atoms with van der Waals surface area (Å²) in [6, 6.07) is 8.24. The van der Waals surface area contributed by atoms with Gasteiger partial charge in [0.05, 0.1) is 5.56 Å². The van der Waals surface area contributed by atoms with Crippen molar-refractivity contribution in [3.63, 3.8) is 0 Å². The third kappa shape index (κ3) is 3.49. The van der Waals surface area contributed by atoms with Crippen LogP contribution in [0.25, 0.3) is 0 Å². The van der Waals surface area contributed by atoms with Crippen LogP contribution < -0.4 is 5.32 Å². The van der Waals surface area contributed by atoms with Crippen LogP contribution in [0.3, 0.4) is 0 Å². The van der Waals surface area contributed by atoms with Crippen LogP contribution in [0.4, 0.5) is 5.69 Å². The predicted molar refractivity (Wildman–Crippen MR) is 77.0 cm³/mol. The fourth-order valence-corrected chi connectivity index (χ4v) is 2.00. The Kier molecular flexibility index (Phi) is 5.20. The summed E-state index contributed by atoms with van der Waals surface area (Å²) < 4.78 is 0. The van der Waals surface area contributed by atoms with Crippen molar-refractivity contribution in [3.05, 3.63) is 29.8 Å². The molecule has 0 radical (unpaired) electrons. The molecule has 0 aliphatic heterocycles. The van der Waals surface area contributed by atoms with Crippen LogP contribution in [0, 0.1) is 0 Å². The molecule has 0 aliphatic carbocycles. The lowest BCUT2D eigenvalue weighted by atomic mass is 10.1. The highest BCUT2D eigenvalue weighted by Gasteiger charge is 2.19. The zero-order valence-corrected chi connectivity index (χ0v) is 12.0. The van der Waals surface area contributed by atoms with E-state index in [2.05, 4.69) is 19.2 Å². The number of nitrogens with zero attached hydrogens (tertiary/aromatic N) is 1. The number of benzene rings is 1. The topological polar surface area (TPSA) is 32.3 Å². The molecule has 0 atom stereocenters. The summed E-state index contributed by atoms with van der Waals surface area (Å²) in [7, 11) is 0. The maximum Gasteiger partial charge on any atom is 0.256 e. The number of nitrogens with one attached hydrogen (secondary N) is 1. The molecule has 0 heterocycles. The van der Waals surface area contributed by atoms with E-state index in [0.717, 1.165) is 17.8 Å². The number of anilines is 1. The lowest BCUT2D eigenvalue weighted by Gasteiger charge is -2.26. The molecule has 0 aliphatic rings. The average molecular weight is 248 g/mol. The van der Waals surface area contributed by atoms with Crippen LogP contribution in [0.15, 0.2) is 24.3 Å². The molecule has 1 amide bonds. The van der Waals surface area contributed by atoms with Gasteiger partial charge in [0.15, 0.2) is 0 Å². The van der Waals surface area contributed by atoms with Gasteiger partial charge in [-0.1, -0.05) is 12.1 Å². The van der Waals surface area contributed by atoms with Crippen molar-refractivity contribution in [1.29, 1.82) is 0 Å². The fraction of sp³-hybridized carbons (Fsp3) is 0.533. The summed E-state index contributed by atoms with van der Waals surface area (Å²) >= 11 is 0. The standard InChI is InChI=1S/C15H24N2O/c1-6-17(12(4)5)15(18)13-9-7-8-10-14(13)16-11(2)3/h7-12,16H,6H2,1-5H3. The normalized spacial score (nSPS) is 10.8. The Hall–Kier alpha value is -1.51. The van der Waals surface area contributed by atoms with E-state index in [1.54, 1.807) is 0 Å². The molecule has 3 nitrogen and oxygen atoms in total. The highest BCUT2D eigenvalue weighted by molar-refractivity contribution is 5.99. The highest BCUT2D eigenvalue weighted by atomic mass is 16.2. The van der Waals surface area contributed by atoms with E-state index in [4.69, 9.17) is 0 Å². The first-order valence-electron chi connectivity index (χ1n) is 6.63. The lowest BCUT2D eigenvalue weighted by Crippen LogP contribution is -2.37. The Morgan fingerprint density at radius 2 is 1.83 bits per heavy atom. The second kappa shape index (κ2) is 6.43. The predicted octanol–water partition coefficient (Wildman–Crippen LogP) is 3.38. The first kappa shape index (κ1) is 14.6. The molecule has 0 saturated carbocycles. The number of para-hydroxylation sites is 1.